The molecule has 1 aromatic carbocycles. The number of nitrogens with one attached hydrogen (secondary N) is 1. The van der Waals surface area contributed by atoms with Gasteiger partial charge in [-0.25, -0.2) is 4.79 Å². The summed E-state index contributed by atoms with van der Waals surface area (Å²) in [5.74, 6) is 0.114. The van der Waals surface area contributed by atoms with Gasteiger partial charge < -0.3 is 14.8 Å². The molecule has 23 heavy (non-hydrogen) atoms. The number of amides is 1. The highest BCUT2D eigenvalue weighted by molar-refractivity contribution is 6.00. The first kappa shape index (κ1) is 18.7. The lowest BCUT2D eigenvalue weighted by Gasteiger charge is -2.19. The van der Waals surface area contributed by atoms with Gasteiger partial charge in [-0.15, -0.1) is 0 Å². The Morgan fingerprint density at radius 2 is 1.52 bits per heavy atom. The van der Waals surface area contributed by atoms with E-state index in [1.807, 2.05) is 0 Å². The molecular weight excluding hydrogens is 298 g/mol. The number of benzene rings is 1. The molecule has 0 bridgehead atoms. The van der Waals surface area contributed by atoms with Crippen LogP contribution in [0.15, 0.2) is 18.2 Å². The number of hydrogen-bond donors (Lipinski definition) is 1. The Kier molecular flexibility index (Phi) is 6.30. The van der Waals surface area contributed by atoms with E-state index in [2.05, 4.69) is 5.32 Å². The molecule has 1 rings (SSSR count). The molecule has 0 aliphatic rings. The van der Waals surface area contributed by atoms with Crippen molar-refractivity contribution < 1.29 is 23.9 Å². The summed E-state index contributed by atoms with van der Waals surface area (Å²) < 4.78 is 10.6. The number of alkyl carbamates (subject to hydrolysis) is 1. The average molecular weight is 321 g/mol. The van der Waals surface area contributed by atoms with Crippen molar-refractivity contribution in [2.45, 2.75) is 40.2 Å². The van der Waals surface area contributed by atoms with Crippen molar-refractivity contribution in [3.8, 4) is 5.75 Å². The number of ether oxygens (including phenoxy) is 2. The van der Waals surface area contributed by atoms with Crippen molar-refractivity contribution in [2.24, 2.45) is 0 Å². The van der Waals surface area contributed by atoms with Crippen molar-refractivity contribution in [1.82, 2.24) is 5.32 Å². The third kappa shape index (κ3) is 6.95. The second-order valence-corrected chi connectivity index (χ2v) is 6.14. The number of rotatable bonds is 6. The molecule has 0 saturated heterocycles. The van der Waals surface area contributed by atoms with Crippen LogP contribution in [-0.2, 0) is 4.74 Å². The van der Waals surface area contributed by atoms with Crippen LogP contribution in [0.2, 0.25) is 0 Å². The maximum Gasteiger partial charge on any atom is 0.407 e. The highest BCUT2D eigenvalue weighted by Crippen LogP contribution is 2.18. The predicted molar refractivity (Wildman–Crippen MR) is 86.2 cm³/mol. The molecule has 0 saturated carbocycles. The van der Waals surface area contributed by atoms with Gasteiger partial charge in [-0.2, -0.15) is 0 Å². The van der Waals surface area contributed by atoms with E-state index in [0.717, 1.165) is 0 Å². The fourth-order valence-corrected chi connectivity index (χ4v) is 1.73. The van der Waals surface area contributed by atoms with Gasteiger partial charge >= 0.3 is 6.09 Å². The number of hydrogen-bond acceptors (Lipinski definition) is 5. The minimum absolute atomic E-state index is 0.148. The molecule has 126 valence electrons. The number of carbonyl (C=O) groups is 3. The minimum Gasteiger partial charge on any atom is -0.492 e. The van der Waals surface area contributed by atoms with Crippen LogP contribution in [0.5, 0.6) is 5.75 Å². The lowest BCUT2D eigenvalue weighted by atomic mass is 10.1. The molecule has 0 aromatic heterocycles. The molecule has 1 N–H and O–H groups in total. The molecule has 6 nitrogen and oxygen atoms in total. The zero-order chi connectivity index (χ0) is 17.6. The van der Waals surface area contributed by atoms with Crippen LogP contribution in [0.25, 0.3) is 0 Å². The first-order chi connectivity index (χ1) is 10.6. The second kappa shape index (κ2) is 7.76. The van der Waals surface area contributed by atoms with Crippen LogP contribution in [0.3, 0.4) is 0 Å². The first-order valence-electron chi connectivity index (χ1n) is 7.35. The third-order valence-corrected chi connectivity index (χ3v) is 2.76. The normalized spacial score (nSPS) is 10.8. The SMILES string of the molecule is CC(=O)c1cc(OCCNC(=O)OC(C)(C)C)cc(C(C)=O)c1. The van der Waals surface area contributed by atoms with Crippen LogP contribution < -0.4 is 10.1 Å². The van der Waals surface area contributed by atoms with Gasteiger partial charge in [0.2, 0.25) is 0 Å². The number of carbonyl (C=O) groups excluding carboxylic acids is 3. The van der Waals surface area contributed by atoms with E-state index in [4.69, 9.17) is 9.47 Å². The van der Waals surface area contributed by atoms with E-state index in [1.54, 1.807) is 32.9 Å². The van der Waals surface area contributed by atoms with Gasteiger partial charge in [0.05, 0.1) is 6.54 Å². The summed E-state index contributed by atoms with van der Waals surface area (Å²) in [6, 6.07) is 4.68. The summed E-state index contributed by atoms with van der Waals surface area (Å²) in [5, 5.41) is 2.56. The first-order valence-corrected chi connectivity index (χ1v) is 7.35. The standard InChI is InChI=1S/C17H23NO5/c1-11(19)13-8-14(12(2)20)10-15(9-13)22-7-6-18-16(21)23-17(3,4)5/h8-10H,6-7H2,1-5H3,(H,18,21). The summed E-state index contributed by atoms with van der Waals surface area (Å²) in [6.45, 7) is 8.62. The molecule has 0 unspecified atom stereocenters. The fourth-order valence-electron chi connectivity index (χ4n) is 1.73. The van der Waals surface area contributed by atoms with Crippen LogP contribution in [0.1, 0.15) is 55.3 Å². The molecule has 0 aliphatic heterocycles. The molecule has 1 amide bonds. The maximum absolute atomic E-state index is 11.5. The van der Waals surface area contributed by atoms with Gasteiger partial charge in [0.15, 0.2) is 11.6 Å². The average Bonchev–Trinajstić information content (AvgIpc) is 2.41. The van der Waals surface area contributed by atoms with Gasteiger partial charge in [0, 0.05) is 11.1 Å². The molecule has 0 aliphatic carbocycles. The summed E-state index contributed by atoms with van der Waals surface area (Å²) in [6.07, 6.45) is -0.525. The van der Waals surface area contributed by atoms with Crippen LogP contribution in [-0.4, -0.2) is 36.4 Å². The maximum atomic E-state index is 11.5. The smallest absolute Gasteiger partial charge is 0.407 e. The van der Waals surface area contributed by atoms with E-state index in [1.165, 1.54) is 19.9 Å². The summed E-state index contributed by atoms with van der Waals surface area (Å²) in [5.41, 5.74) is 0.262. The van der Waals surface area contributed by atoms with E-state index >= 15 is 0 Å². The van der Waals surface area contributed by atoms with Gasteiger partial charge in [-0.3, -0.25) is 9.59 Å². The fraction of sp³-hybridized carbons (Fsp3) is 0.471. The second-order valence-electron chi connectivity index (χ2n) is 6.14. The number of ketones is 2. The molecule has 0 radical (unpaired) electrons. The van der Waals surface area contributed by atoms with Gasteiger partial charge in [0.1, 0.15) is 18.0 Å². The van der Waals surface area contributed by atoms with E-state index in [9.17, 15) is 14.4 Å². The van der Waals surface area contributed by atoms with E-state index in [-0.39, 0.29) is 24.7 Å². The van der Waals surface area contributed by atoms with Gasteiger partial charge in [-0.05, 0) is 52.8 Å². The van der Waals surface area contributed by atoms with E-state index in [0.29, 0.717) is 16.9 Å². The van der Waals surface area contributed by atoms with Crippen LogP contribution >= 0.6 is 0 Å². The van der Waals surface area contributed by atoms with E-state index < -0.39 is 11.7 Å². The Balaban J connectivity index is 2.59. The Labute approximate surface area is 136 Å². The monoisotopic (exact) mass is 321 g/mol. The van der Waals surface area contributed by atoms with Crippen LogP contribution in [0.4, 0.5) is 4.79 Å². The Bertz CT molecular complexity index is 569. The minimum atomic E-state index is -0.558. The molecule has 0 spiro atoms. The third-order valence-electron chi connectivity index (χ3n) is 2.76. The van der Waals surface area contributed by atoms with Crippen molar-refractivity contribution in [1.29, 1.82) is 0 Å². The topological polar surface area (TPSA) is 81.7 Å². The van der Waals surface area contributed by atoms with Gasteiger partial charge in [-0.1, -0.05) is 0 Å². The van der Waals surface area contributed by atoms with Crippen molar-refractivity contribution in [2.75, 3.05) is 13.2 Å². The molecule has 0 atom stereocenters. The summed E-state index contributed by atoms with van der Waals surface area (Å²) in [7, 11) is 0. The lowest BCUT2D eigenvalue weighted by molar-refractivity contribution is 0.0520. The molecule has 1 aromatic rings. The quantitative estimate of drug-likeness (QED) is 0.643. The van der Waals surface area contributed by atoms with Crippen molar-refractivity contribution >= 4 is 17.7 Å². The molecule has 0 heterocycles. The number of Topliss-reactive ketones (excluding diaryl/α,β-unsaturated/α-hetero) is 2. The highest BCUT2D eigenvalue weighted by Gasteiger charge is 2.15. The predicted octanol–water partition coefficient (Wildman–Crippen LogP) is 3.00. The highest BCUT2D eigenvalue weighted by atomic mass is 16.6. The van der Waals surface area contributed by atoms with Gasteiger partial charge in [0.25, 0.3) is 0 Å². The summed E-state index contributed by atoms with van der Waals surface area (Å²) in [4.78, 5) is 34.4. The summed E-state index contributed by atoms with van der Waals surface area (Å²) >= 11 is 0. The Hall–Kier alpha value is -2.37. The largest absolute Gasteiger partial charge is 0.492 e. The molecular formula is C17H23NO5. The Morgan fingerprint density at radius 3 is 1.96 bits per heavy atom. The molecule has 0 fully saturated rings. The lowest BCUT2D eigenvalue weighted by Crippen LogP contribution is -2.34. The zero-order valence-corrected chi connectivity index (χ0v) is 14.2. The molecule has 6 heteroatoms. The zero-order valence-electron chi connectivity index (χ0n) is 14.2. The van der Waals surface area contributed by atoms with Crippen LogP contribution in [0, 0.1) is 0 Å². The van der Waals surface area contributed by atoms with Crippen molar-refractivity contribution in [3.05, 3.63) is 29.3 Å². The van der Waals surface area contributed by atoms with Crippen molar-refractivity contribution in [3.63, 3.8) is 0 Å². The Morgan fingerprint density at radius 1 is 1.00 bits per heavy atom.